The monoisotopic (exact) mass is 434 g/mol. The zero-order chi connectivity index (χ0) is 21.8. The molecule has 4 aromatic rings. The maximum Gasteiger partial charge on any atom is 0.303 e. The molecule has 0 aliphatic carbocycles. The highest BCUT2D eigenvalue weighted by Crippen LogP contribution is 2.31. The van der Waals surface area contributed by atoms with Crippen LogP contribution in [0, 0.1) is 0 Å². The van der Waals surface area contributed by atoms with Crippen LogP contribution >= 0.6 is 11.3 Å². The number of aliphatic carboxylic acids is 1. The van der Waals surface area contributed by atoms with Gasteiger partial charge in [0.25, 0.3) is 5.56 Å². The fraction of sp³-hybridized carbons (Fsp3) is 0.208. The van der Waals surface area contributed by atoms with Crippen LogP contribution in [0.5, 0.6) is 5.75 Å². The van der Waals surface area contributed by atoms with Gasteiger partial charge in [-0.1, -0.05) is 48.5 Å². The van der Waals surface area contributed by atoms with Crippen molar-refractivity contribution in [2.45, 2.75) is 25.8 Å². The van der Waals surface area contributed by atoms with E-state index < -0.39 is 5.97 Å². The Morgan fingerprint density at radius 1 is 1.13 bits per heavy atom. The van der Waals surface area contributed by atoms with Crippen LogP contribution in [0.25, 0.3) is 20.7 Å². The van der Waals surface area contributed by atoms with Crippen LogP contribution in [-0.4, -0.2) is 27.7 Å². The van der Waals surface area contributed by atoms with E-state index in [0.717, 1.165) is 21.8 Å². The molecule has 0 atom stereocenters. The third-order valence-electron chi connectivity index (χ3n) is 5.10. The number of carboxylic acids is 1. The molecule has 2 heterocycles. The van der Waals surface area contributed by atoms with Gasteiger partial charge in [0.2, 0.25) is 0 Å². The highest BCUT2D eigenvalue weighted by atomic mass is 32.1. The number of methoxy groups -OCH3 is 1. The number of carbonyl (C=O) groups is 1. The first-order valence-corrected chi connectivity index (χ1v) is 10.8. The molecule has 158 valence electrons. The Balaban J connectivity index is 1.81. The first kappa shape index (κ1) is 20.8. The molecule has 6 nitrogen and oxygen atoms in total. The molecule has 0 amide bonds. The molecule has 2 aromatic heterocycles. The molecule has 31 heavy (non-hydrogen) atoms. The van der Waals surface area contributed by atoms with Crippen molar-refractivity contribution in [1.82, 2.24) is 9.55 Å². The summed E-state index contributed by atoms with van der Waals surface area (Å²) in [4.78, 5) is 30.8. The van der Waals surface area contributed by atoms with E-state index in [4.69, 9.17) is 14.8 Å². The minimum absolute atomic E-state index is 0.00250. The number of hydrogen-bond donors (Lipinski definition) is 1. The molecular weight excluding hydrogens is 412 g/mol. The van der Waals surface area contributed by atoms with Crippen LogP contribution in [0.1, 0.15) is 24.2 Å². The van der Waals surface area contributed by atoms with Crippen LogP contribution in [0.2, 0.25) is 0 Å². The standard InChI is InChI=1S/C24H22N2O4S/c1-30-19-11-6-5-10-17(19)14-21-25-23-18(24(29)26(21)13-7-12-22(27)28)15-20(31-23)16-8-3-2-4-9-16/h2-6,8-11,15H,7,12-14H2,1H3,(H,27,28). The smallest absolute Gasteiger partial charge is 0.303 e. The highest BCUT2D eigenvalue weighted by molar-refractivity contribution is 7.21. The number of carboxylic acid groups (broad SMARTS) is 1. The third kappa shape index (κ3) is 4.51. The summed E-state index contributed by atoms with van der Waals surface area (Å²) in [7, 11) is 1.61. The average molecular weight is 435 g/mol. The van der Waals surface area contributed by atoms with Gasteiger partial charge in [-0.05, 0) is 24.1 Å². The van der Waals surface area contributed by atoms with Crippen molar-refractivity contribution in [2.24, 2.45) is 0 Å². The number of thiophene rings is 1. The van der Waals surface area contributed by atoms with E-state index in [0.29, 0.717) is 35.4 Å². The maximum atomic E-state index is 13.4. The van der Waals surface area contributed by atoms with Gasteiger partial charge in [-0.2, -0.15) is 0 Å². The van der Waals surface area contributed by atoms with Gasteiger partial charge in [0.05, 0.1) is 12.5 Å². The van der Waals surface area contributed by atoms with Crippen LogP contribution in [0.4, 0.5) is 0 Å². The van der Waals surface area contributed by atoms with Crippen molar-refractivity contribution in [3.8, 4) is 16.2 Å². The molecule has 0 aliphatic heterocycles. The molecule has 0 saturated heterocycles. The number of nitrogens with zero attached hydrogens (tertiary/aromatic N) is 2. The number of hydrogen-bond acceptors (Lipinski definition) is 5. The summed E-state index contributed by atoms with van der Waals surface area (Å²) in [6.45, 7) is 0.301. The summed E-state index contributed by atoms with van der Waals surface area (Å²) >= 11 is 1.49. The Morgan fingerprint density at radius 3 is 2.61 bits per heavy atom. The van der Waals surface area contributed by atoms with E-state index in [2.05, 4.69) is 0 Å². The lowest BCUT2D eigenvalue weighted by molar-refractivity contribution is -0.137. The normalized spacial score (nSPS) is 11.0. The maximum absolute atomic E-state index is 13.4. The van der Waals surface area contributed by atoms with Gasteiger partial charge in [-0.3, -0.25) is 14.2 Å². The lowest BCUT2D eigenvalue weighted by atomic mass is 10.1. The van der Waals surface area contributed by atoms with Crippen LogP contribution < -0.4 is 10.3 Å². The first-order chi connectivity index (χ1) is 15.1. The van der Waals surface area contributed by atoms with Crippen LogP contribution in [0.3, 0.4) is 0 Å². The fourth-order valence-corrected chi connectivity index (χ4v) is 4.62. The molecule has 0 bridgehead atoms. The van der Waals surface area contributed by atoms with E-state index in [1.54, 1.807) is 11.7 Å². The topological polar surface area (TPSA) is 81.4 Å². The predicted octanol–water partition coefficient (Wildman–Crippen LogP) is 4.59. The SMILES string of the molecule is COc1ccccc1Cc1nc2sc(-c3ccccc3)cc2c(=O)n1CCCC(=O)O. The highest BCUT2D eigenvalue weighted by Gasteiger charge is 2.17. The Bertz CT molecular complexity index is 1280. The molecule has 7 heteroatoms. The average Bonchev–Trinajstić information content (AvgIpc) is 3.21. The second-order valence-corrected chi connectivity index (χ2v) is 8.20. The number of benzene rings is 2. The van der Waals surface area contributed by atoms with Crippen LogP contribution in [-0.2, 0) is 17.8 Å². The van der Waals surface area contributed by atoms with Gasteiger partial charge >= 0.3 is 5.97 Å². The summed E-state index contributed by atoms with van der Waals surface area (Å²) in [5.41, 5.74) is 1.82. The molecule has 1 N–H and O–H groups in total. The molecule has 0 unspecified atom stereocenters. The van der Waals surface area contributed by atoms with Crippen molar-refractivity contribution in [2.75, 3.05) is 7.11 Å². The van der Waals surface area contributed by atoms with Gasteiger partial charge in [-0.25, -0.2) is 4.98 Å². The van der Waals surface area contributed by atoms with Crippen molar-refractivity contribution >= 4 is 27.5 Å². The summed E-state index contributed by atoms with van der Waals surface area (Å²) in [6, 6.07) is 19.4. The van der Waals surface area contributed by atoms with E-state index in [9.17, 15) is 9.59 Å². The fourth-order valence-electron chi connectivity index (χ4n) is 3.58. The molecule has 0 saturated carbocycles. The number of para-hydroxylation sites is 1. The van der Waals surface area contributed by atoms with Crippen molar-refractivity contribution in [1.29, 1.82) is 0 Å². The minimum Gasteiger partial charge on any atom is -0.496 e. The number of rotatable bonds is 8. The van der Waals surface area contributed by atoms with Gasteiger partial charge in [0.1, 0.15) is 16.4 Å². The second-order valence-electron chi connectivity index (χ2n) is 7.17. The molecule has 0 radical (unpaired) electrons. The zero-order valence-corrected chi connectivity index (χ0v) is 17.9. The Kier molecular flexibility index (Phi) is 6.13. The summed E-state index contributed by atoms with van der Waals surface area (Å²) in [5, 5.41) is 9.58. The predicted molar refractivity (Wildman–Crippen MR) is 122 cm³/mol. The van der Waals surface area contributed by atoms with Gasteiger partial charge < -0.3 is 9.84 Å². The summed E-state index contributed by atoms with van der Waals surface area (Å²) in [6.07, 6.45) is 0.773. The van der Waals surface area contributed by atoms with E-state index >= 15 is 0 Å². The molecule has 0 fully saturated rings. The lowest BCUT2D eigenvalue weighted by Gasteiger charge is -2.13. The van der Waals surface area contributed by atoms with Crippen molar-refractivity contribution in [3.63, 3.8) is 0 Å². The Labute approximate surface area is 183 Å². The Morgan fingerprint density at radius 2 is 1.87 bits per heavy atom. The third-order valence-corrected chi connectivity index (χ3v) is 6.18. The number of aromatic nitrogens is 2. The molecular formula is C24H22N2O4S. The number of ether oxygens (including phenoxy) is 1. The molecule has 0 spiro atoms. The van der Waals surface area contributed by atoms with Crippen LogP contribution in [0.15, 0.2) is 65.5 Å². The minimum atomic E-state index is -0.879. The largest absolute Gasteiger partial charge is 0.496 e. The van der Waals surface area contributed by atoms with Crippen molar-refractivity contribution in [3.05, 3.63) is 82.4 Å². The quantitative estimate of drug-likeness (QED) is 0.439. The van der Waals surface area contributed by atoms with E-state index in [-0.39, 0.29) is 12.0 Å². The zero-order valence-electron chi connectivity index (χ0n) is 17.1. The second kappa shape index (κ2) is 9.14. The summed E-state index contributed by atoms with van der Waals surface area (Å²) in [5.74, 6) is 0.453. The van der Waals surface area contributed by atoms with Gasteiger partial charge in [-0.15, -0.1) is 11.3 Å². The Hall–Kier alpha value is -3.45. The van der Waals surface area contributed by atoms with Gasteiger partial charge in [0, 0.05) is 29.8 Å². The summed E-state index contributed by atoms with van der Waals surface area (Å²) < 4.78 is 7.07. The molecule has 0 aliphatic rings. The molecule has 2 aromatic carbocycles. The van der Waals surface area contributed by atoms with E-state index in [1.165, 1.54) is 11.3 Å². The number of fused-ring (bicyclic) bond motifs is 1. The van der Waals surface area contributed by atoms with E-state index in [1.807, 2.05) is 60.7 Å². The van der Waals surface area contributed by atoms with Crippen molar-refractivity contribution < 1.29 is 14.6 Å². The van der Waals surface area contributed by atoms with Gasteiger partial charge in [0.15, 0.2) is 0 Å². The lowest BCUT2D eigenvalue weighted by Crippen LogP contribution is -2.25. The first-order valence-electron chi connectivity index (χ1n) is 9.99. The molecule has 4 rings (SSSR count).